The zero-order chi connectivity index (χ0) is 29.1. The van der Waals surface area contributed by atoms with Crippen molar-refractivity contribution < 1.29 is 51.3 Å². The van der Waals surface area contributed by atoms with Crippen LogP contribution in [0.2, 0.25) is 0 Å². The Labute approximate surface area is 227 Å². The van der Waals surface area contributed by atoms with Crippen molar-refractivity contribution in [3.05, 3.63) is 62.8 Å². The fourth-order valence-corrected chi connectivity index (χ4v) is 4.39. The first-order valence-corrected chi connectivity index (χ1v) is 12.5. The van der Waals surface area contributed by atoms with E-state index in [-0.39, 0.29) is 40.0 Å². The SMILES string of the molecule is CCOC(=O)c1nc2cc(F)c(Br)cn2c1C(OC(=O)CC(=O)O)c1ccc(CC)c(CC)c1OC(F)(F)F. The Kier molecular flexibility index (Phi) is 9.20. The Hall–Kier alpha value is -3.68. The van der Waals surface area contributed by atoms with Crippen LogP contribution in [0.25, 0.3) is 5.65 Å². The van der Waals surface area contributed by atoms with Gasteiger partial charge in [0.1, 0.15) is 29.3 Å². The number of imidazole rings is 1. The first kappa shape index (κ1) is 29.9. The lowest BCUT2D eigenvalue weighted by molar-refractivity contribution is -0.275. The second-order valence-corrected chi connectivity index (χ2v) is 8.93. The number of fused-ring (bicyclic) bond motifs is 1. The van der Waals surface area contributed by atoms with Gasteiger partial charge in [0.15, 0.2) is 11.8 Å². The number of ether oxygens (including phenoxy) is 3. The number of hydrogen-bond donors (Lipinski definition) is 1. The molecule has 0 spiro atoms. The van der Waals surface area contributed by atoms with E-state index < -0.39 is 54.1 Å². The summed E-state index contributed by atoms with van der Waals surface area (Å²) < 4.78 is 71.1. The van der Waals surface area contributed by atoms with Gasteiger partial charge in [0.05, 0.1) is 11.1 Å². The second-order valence-electron chi connectivity index (χ2n) is 8.08. The Bertz CT molecular complexity index is 1420. The molecule has 1 N–H and O–H groups in total. The van der Waals surface area contributed by atoms with E-state index in [1.54, 1.807) is 13.8 Å². The third-order valence-electron chi connectivity index (χ3n) is 5.59. The zero-order valence-electron chi connectivity index (χ0n) is 20.9. The van der Waals surface area contributed by atoms with Gasteiger partial charge >= 0.3 is 24.3 Å². The minimum Gasteiger partial charge on any atom is -0.481 e. The maximum atomic E-state index is 14.3. The topological polar surface area (TPSA) is 116 Å². The number of alkyl halides is 3. The maximum absolute atomic E-state index is 14.3. The minimum atomic E-state index is -5.16. The van der Waals surface area contributed by atoms with Gasteiger partial charge < -0.3 is 19.3 Å². The predicted octanol–water partition coefficient (Wildman–Crippen LogP) is 5.54. The molecular weight excluding hydrogens is 596 g/mol. The number of aromatic nitrogens is 2. The Morgan fingerprint density at radius 1 is 1.15 bits per heavy atom. The van der Waals surface area contributed by atoms with Crippen LogP contribution in [0, 0.1) is 5.82 Å². The average Bonchev–Trinajstić information content (AvgIpc) is 3.19. The highest BCUT2D eigenvalue weighted by Gasteiger charge is 2.38. The quantitative estimate of drug-likeness (QED) is 0.179. The highest BCUT2D eigenvalue weighted by Crippen LogP contribution is 2.42. The number of pyridine rings is 1. The molecule has 0 aliphatic rings. The Balaban J connectivity index is 2.44. The molecule has 3 aromatic rings. The Morgan fingerprint density at radius 3 is 2.41 bits per heavy atom. The number of aliphatic carboxylic acids is 1. The van der Waals surface area contributed by atoms with Gasteiger partial charge in [0, 0.05) is 17.8 Å². The molecule has 1 unspecified atom stereocenters. The van der Waals surface area contributed by atoms with E-state index in [1.165, 1.54) is 19.1 Å². The number of benzene rings is 1. The van der Waals surface area contributed by atoms with Crippen LogP contribution in [0.1, 0.15) is 66.2 Å². The lowest BCUT2D eigenvalue weighted by atomic mass is 9.94. The molecule has 0 saturated heterocycles. The van der Waals surface area contributed by atoms with E-state index in [9.17, 15) is 31.9 Å². The number of aryl methyl sites for hydroxylation is 1. The maximum Gasteiger partial charge on any atom is 0.573 e. The van der Waals surface area contributed by atoms with Crippen LogP contribution in [0.3, 0.4) is 0 Å². The van der Waals surface area contributed by atoms with Gasteiger partial charge in [-0.05, 0) is 46.8 Å². The molecule has 0 fully saturated rings. The monoisotopic (exact) mass is 618 g/mol. The average molecular weight is 619 g/mol. The summed E-state index contributed by atoms with van der Waals surface area (Å²) in [6.07, 6.45) is -6.57. The zero-order valence-corrected chi connectivity index (χ0v) is 22.5. The van der Waals surface area contributed by atoms with Gasteiger partial charge in [-0.25, -0.2) is 14.2 Å². The van der Waals surface area contributed by atoms with E-state index in [2.05, 4.69) is 25.7 Å². The molecule has 14 heteroatoms. The lowest BCUT2D eigenvalue weighted by Gasteiger charge is -2.25. The molecule has 1 atom stereocenters. The predicted molar refractivity (Wildman–Crippen MR) is 131 cm³/mol. The molecular formula is C25H23BrF4N2O7. The van der Waals surface area contributed by atoms with Gasteiger partial charge in [-0.15, -0.1) is 13.2 Å². The van der Waals surface area contributed by atoms with Gasteiger partial charge in [0.2, 0.25) is 0 Å². The summed E-state index contributed by atoms with van der Waals surface area (Å²) in [4.78, 5) is 40.8. The van der Waals surface area contributed by atoms with Gasteiger partial charge in [0.25, 0.3) is 0 Å². The summed E-state index contributed by atoms with van der Waals surface area (Å²) in [7, 11) is 0. The third kappa shape index (κ3) is 6.67. The van der Waals surface area contributed by atoms with Crippen LogP contribution < -0.4 is 4.74 Å². The smallest absolute Gasteiger partial charge is 0.481 e. The normalized spacial score (nSPS) is 12.3. The number of carbonyl (C=O) groups excluding carboxylic acids is 2. The van der Waals surface area contributed by atoms with E-state index >= 15 is 0 Å². The van der Waals surface area contributed by atoms with Gasteiger partial charge in [-0.2, -0.15) is 0 Å². The van der Waals surface area contributed by atoms with E-state index in [4.69, 9.17) is 14.6 Å². The highest BCUT2D eigenvalue weighted by atomic mass is 79.9. The molecule has 0 saturated carbocycles. The summed E-state index contributed by atoms with van der Waals surface area (Å²) in [6.45, 7) is 4.72. The van der Waals surface area contributed by atoms with Crippen molar-refractivity contribution in [3.8, 4) is 5.75 Å². The van der Waals surface area contributed by atoms with Gasteiger partial charge in [-0.3, -0.25) is 14.0 Å². The number of carbonyl (C=O) groups is 3. The standard InChI is InChI=1S/C25H23BrF4N2O7/c1-4-12-7-8-14(22(13(12)5-2)39-25(28,29)30)23(38-19(35)10-18(33)34)21-20(24(36)37-6-3)31-17-9-16(27)15(26)11-32(17)21/h7-9,11,23H,4-6,10H2,1-3H3,(H,33,34). The van der Waals surface area contributed by atoms with Crippen molar-refractivity contribution in [2.75, 3.05) is 6.61 Å². The molecule has 1 aromatic carbocycles. The fraction of sp³-hybridized carbons (Fsp3) is 0.360. The summed E-state index contributed by atoms with van der Waals surface area (Å²) in [5.41, 5.74) is -0.616. The number of rotatable bonds is 10. The molecule has 210 valence electrons. The fourth-order valence-electron chi connectivity index (χ4n) is 4.07. The Morgan fingerprint density at radius 2 is 1.85 bits per heavy atom. The minimum absolute atomic E-state index is 0.0901. The van der Waals surface area contributed by atoms with Crippen molar-refractivity contribution in [1.82, 2.24) is 9.38 Å². The summed E-state index contributed by atoms with van der Waals surface area (Å²) in [5, 5.41) is 9.09. The molecule has 2 heterocycles. The molecule has 0 radical (unpaired) electrons. The van der Waals surface area contributed by atoms with Crippen LogP contribution >= 0.6 is 15.9 Å². The van der Waals surface area contributed by atoms with Crippen molar-refractivity contribution in [3.63, 3.8) is 0 Å². The number of carboxylic acids is 1. The van der Waals surface area contributed by atoms with Gasteiger partial charge in [-0.1, -0.05) is 26.0 Å². The molecule has 0 bridgehead atoms. The van der Waals surface area contributed by atoms with Crippen molar-refractivity contribution in [2.24, 2.45) is 0 Å². The number of hydrogen-bond acceptors (Lipinski definition) is 7. The van der Waals surface area contributed by atoms with E-state index in [0.29, 0.717) is 12.0 Å². The summed E-state index contributed by atoms with van der Waals surface area (Å²) in [5.74, 6) is -5.37. The second kappa shape index (κ2) is 12.0. The van der Waals surface area contributed by atoms with E-state index in [0.717, 1.165) is 16.7 Å². The van der Waals surface area contributed by atoms with Crippen LogP contribution in [-0.2, 0) is 31.9 Å². The number of halogens is 5. The van der Waals surface area contributed by atoms with Crippen molar-refractivity contribution in [2.45, 2.75) is 52.5 Å². The summed E-state index contributed by atoms with van der Waals surface area (Å²) >= 11 is 3.01. The third-order valence-corrected chi connectivity index (χ3v) is 6.17. The molecule has 0 aliphatic carbocycles. The first-order chi connectivity index (χ1) is 18.3. The van der Waals surface area contributed by atoms with Crippen molar-refractivity contribution in [1.29, 1.82) is 0 Å². The molecule has 9 nitrogen and oxygen atoms in total. The summed E-state index contributed by atoms with van der Waals surface area (Å²) in [6, 6.07) is 3.68. The van der Waals surface area contributed by atoms with Crippen LogP contribution in [0.15, 0.2) is 28.9 Å². The number of esters is 2. The van der Waals surface area contributed by atoms with Crippen LogP contribution in [0.4, 0.5) is 17.6 Å². The van der Waals surface area contributed by atoms with Crippen molar-refractivity contribution >= 4 is 39.5 Å². The number of carboxylic acid groups (broad SMARTS) is 1. The first-order valence-electron chi connectivity index (χ1n) is 11.7. The molecule has 2 aromatic heterocycles. The van der Waals surface area contributed by atoms with Crippen LogP contribution in [0.5, 0.6) is 5.75 Å². The van der Waals surface area contributed by atoms with E-state index in [1.807, 2.05) is 0 Å². The number of nitrogens with zero attached hydrogens (tertiary/aromatic N) is 2. The lowest BCUT2D eigenvalue weighted by Crippen LogP contribution is -2.24. The van der Waals surface area contributed by atoms with Crippen LogP contribution in [-0.4, -0.2) is 45.4 Å². The molecule has 39 heavy (non-hydrogen) atoms. The molecule has 0 aliphatic heterocycles. The highest BCUT2D eigenvalue weighted by molar-refractivity contribution is 9.10. The molecule has 0 amide bonds. The molecule has 3 rings (SSSR count). The largest absolute Gasteiger partial charge is 0.573 e.